The first-order valence-electron chi connectivity index (χ1n) is 7.03. The third-order valence-electron chi connectivity index (χ3n) is 3.31. The van der Waals surface area contributed by atoms with Gasteiger partial charge in [0.05, 0.1) is 10.7 Å². The first-order valence-corrected chi connectivity index (χ1v) is 8.85. The normalized spacial score (nSPS) is 11.6. The number of nitrogens with one attached hydrogen (secondary N) is 2. The van der Waals surface area contributed by atoms with Crippen molar-refractivity contribution in [3.8, 4) is 0 Å². The van der Waals surface area contributed by atoms with Crippen LogP contribution < -0.4 is 10.0 Å². The second kappa shape index (κ2) is 6.78. The van der Waals surface area contributed by atoms with E-state index in [1.165, 1.54) is 14.1 Å². The average molecular weight is 354 g/mol. The quantitative estimate of drug-likeness (QED) is 0.856. The zero-order valence-electron chi connectivity index (χ0n) is 13.5. The van der Waals surface area contributed by atoms with E-state index in [4.69, 9.17) is 11.6 Å². The smallest absolute Gasteiger partial charge is 0.301 e. The number of nitrogens with zero attached hydrogens (tertiary/aromatic N) is 1. The Hall–Kier alpha value is -1.76. The van der Waals surface area contributed by atoms with Crippen molar-refractivity contribution < 1.29 is 8.42 Å². The van der Waals surface area contributed by atoms with Gasteiger partial charge < -0.3 is 5.32 Å². The molecular formula is C16H20ClN3O2S. The lowest BCUT2D eigenvalue weighted by molar-refractivity contribution is 0.527. The Morgan fingerprint density at radius 2 is 1.57 bits per heavy atom. The molecule has 2 aromatic rings. The predicted molar refractivity (Wildman–Crippen MR) is 96.9 cm³/mol. The van der Waals surface area contributed by atoms with Crippen LogP contribution in [-0.4, -0.2) is 26.8 Å². The molecule has 0 atom stereocenters. The Bertz CT molecular complexity index is 780. The van der Waals surface area contributed by atoms with Crippen LogP contribution in [0.1, 0.15) is 11.1 Å². The lowest BCUT2D eigenvalue weighted by Gasteiger charge is -2.15. The van der Waals surface area contributed by atoms with Gasteiger partial charge in [0.1, 0.15) is 0 Å². The largest absolute Gasteiger partial charge is 0.354 e. The highest BCUT2D eigenvalue weighted by molar-refractivity contribution is 7.90. The van der Waals surface area contributed by atoms with Gasteiger partial charge in [-0.2, -0.15) is 12.7 Å². The molecule has 0 heterocycles. The summed E-state index contributed by atoms with van der Waals surface area (Å²) in [6.07, 6.45) is 0. The maximum Gasteiger partial charge on any atom is 0.301 e. The number of hydrogen-bond acceptors (Lipinski definition) is 3. The van der Waals surface area contributed by atoms with Gasteiger partial charge in [0.2, 0.25) is 0 Å². The standard InChI is InChI=1S/C16H20ClN3O2S/c1-11-9-12(2)16(15(17)10-11)18-13-5-7-14(8-6-13)19-23(21,22)20(3)4/h5-10,18-19H,1-4H3. The highest BCUT2D eigenvalue weighted by atomic mass is 35.5. The minimum absolute atomic E-state index is 0.496. The molecule has 0 saturated heterocycles. The molecule has 2 rings (SSSR count). The van der Waals surface area contributed by atoms with Crippen LogP contribution in [0.3, 0.4) is 0 Å². The van der Waals surface area contributed by atoms with E-state index in [2.05, 4.69) is 10.0 Å². The van der Waals surface area contributed by atoms with Gasteiger partial charge in [0.25, 0.3) is 0 Å². The van der Waals surface area contributed by atoms with E-state index in [1.807, 2.05) is 26.0 Å². The lowest BCUT2D eigenvalue weighted by atomic mass is 10.1. The van der Waals surface area contributed by atoms with E-state index in [1.54, 1.807) is 24.3 Å². The number of benzene rings is 2. The second-order valence-electron chi connectivity index (χ2n) is 5.53. The van der Waals surface area contributed by atoms with Crippen molar-refractivity contribution in [2.75, 3.05) is 24.1 Å². The summed E-state index contributed by atoms with van der Waals surface area (Å²) in [4.78, 5) is 0. The maximum absolute atomic E-state index is 11.8. The van der Waals surface area contributed by atoms with E-state index >= 15 is 0 Å². The molecule has 124 valence electrons. The Balaban J connectivity index is 2.18. The van der Waals surface area contributed by atoms with E-state index in [0.29, 0.717) is 10.7 Å². The van der Waals surface area contributed by atoms with Crippen LogP contribution in [-0.2, 0) is 10.2 Å². The number of anilines is 3. The van der Waals surface area contributed by atoms with Gasteiger partial charge in [-0.1, -0.05) is 17.7 Å². The summed E-state index contributed by atoms with van der Waals surface area (Å²) >= 11 is 6.28. The fourth-order valence-electron chi connectivity index (χ4n) is 2.08. The van der Waals surface area contributed by atoms with Gasteiger partial charge in [-0.3, -0.25) is 4.72 Å². The molecule has 0 fully saturated rings. The Kier molecular flexibility index (Phi) is 5.19. The predicted octanol–water partition coefficient (Wildman–Crippen LogP) is 3.92. The van der Waals surface area contributed by atoms with Crippen molar-refractivity contribution >= 4 is 38.9 Å². The fraction of sp³-hybridized carbons (Fsp3) is 0.250. The molecule has 0 aliphatic heterocycles. The summed E-state index contributed by atoms with van der Waals surface area (Å²) in [7, 11) is -0.554. The molecule has 2 N–H and O–H groups in total. The zero-order chi connectivity index (χ0) is 17.2. The molecule has 0 saturated carbocycles. The molecule has 5 nitrogen and oxygen atoms in total. The van der Waals surface area contributed by atoms with Gasteiger partial charge >= 0.3 is 10.2 Å². The van der Waals surface area contributed by atoms with Crippen molar-refractivity contribution in [2.45, 2.75) is 13.8 Å². The van der Waals surface area contributed by atoms with Crippen LogP contribution in [0.2, 0.25) is 5.02 Å². The van der Waals surface area contributed by atoms with Crippen LogP contribution in [0.5, 0.6) is 0 Å². The van der Waals surface area contributed by atoms with Gasteiger partial charge in [0, 0.05) is 25.5 Å². The minimum Gasteiger partial charge on any atom is -0.354 e. The number of halogens is 1. The van der Waals surface area contributed by atoms with Crippen molar-refractivity contribution in [3.63, 3.8) is 0 Å². The van der Waals surface area contributed by atoms with Gasteiger partial charge in [-0.25, -0.2) is 0 Å². The third kappa shape index (κ3) is 4.37. The molecular weight excluding hydrogens is 334 g/mol. The van der Waals surface area contributed by atoms with Crippen molar-refractivity contribution in [2.24, 2.45) is 0 Å². The van der Waals surface area contributed by atoms with Crippen LogP contribution in [0.15, 0.2) is 36.4 Å². The van der Waals surface area contributed by atoms with Crippen LogP contribution in [0, 0.1) is 13.8 Å². The highest BCUT2D eigenvalue weighted by Gasteiger charge is 2.12. The topological polar surface area (TPSA) is 61.4 Å². The van der Waals surface area contributed by atoms with Crippen LogP contribution >= 0.6 is 11.6 Å². The lowest BCUT2D eigenvalue weighted by Crippen LogP contribution is -2.28. The molecule has 0 spiro atoms. The summed E-state index contributed by atoms with van der Waals surface area (Å²) in [6.45, 7) is 3.98. The zero-order valence-corrected chi connectivity index (χ0v) is 15.1. The van der Waals surface area contributed by atoms with E-state index in [9.17, 15) is 8.42 Å². The third-order valence-corrected chi connectivity index (χ3v) is 5.07. The van der Waals surface area contributed by atoms with Crippen LogP contribution in [0.4, 0.5) is 17.1 Å². The molecule has 0 radical (unpaired) electrons. The van der Waals surface area contributed by atoms with Gasteiger partial charge in [0.15, 0.2) is 0 Å². The van der Waals surface area contributed by atoms with Crippen molar-refractivity contribution in [1.82, 2.24) is 4.31 Å². The number of hydrogen-bond donors (Lipinski definition) is 2. The Labute approximate surface area is 142 Å². The Morgan fingerprint density at radius 1 is 1.00 bits per heavy atom. The SMILES string of the molecule is Cc1cc(C)c(Nc2ccc(NS(=O)(=O)N(C)C)cc2)c(Cl)c1. The highest BCUT2D eigenvalue weighted by Crippen LogP contribution is 2.30. The number of rotatable bonds is 5. The first-order chi connectivity index (χ1) is 10.7. The summed E-state index contributed by atoms with van der Waals surface area (Å²) in [5.74, 6) is 0. The van der Waals surface area contributed by atoms with Crippen molar-refractivity contribution in [1.29, 1.82) is 0 Å². The molecule has 23 heavy (non-hydrogen) atoms. The second-order valence-corrected chi connectivity index (χ2v) is 7.82. The molecule has 0 aliphatic carbocycles. The molecule has 0 aliphatic rings. The molecule has 0 aromatic heterocycles. The summed E-state index contributed by atoms with van der Waals surface area (Å²) in [5.41, 5.74) is 4.32. The van der Waals surface area contributed by atoms with E-state index < -0.39 is 10.2 Å². The molecule has 0 bridgehead atoms. The summed E-state index contributed by atoms with van der Waals surface area (Å²) in [5, 5.41) is 3.91. The minimum atomic E-state index is -3.50. The monoisotopic (exact) mass is 353 g/mol. The van der Waals surface area contributed by atoms with Gasteiger partial charge in [-0.05, 0) is 55.3 Å². The Morgan fingerprint density at radius 3 is 2.09 bits per heavy atom. The molecule has 0 amide bonds. The summed E-state index contributed by atoms with van der Waals surface area (Å²) in [6, 6.07) is 10.9. The number of aryl methyl sites for hydroxylation is 2. The molecule has 0 unspecified atom stereocenters. The summed E-state index contributed by atoms with van der Waals surface area (Å²) < 4.78 is 27.2. The molecule has 2 aromatic carbocycles. The maximum atomic E-state index is 11.8. The molecule has 7 heteroatoms. The van der Waals surface area contributed by atoms with E-state index in [0.717, 1.165) is 26.8 Å². The average Bonchev–Trinajstić information content (AvgIpc) is 2.44. The first kappa shape index (κ1) is 17.6. The van der Waals surface area contributed by atoms with Gasteiger partial charge in [-0.15, -0.1) is 0 Å². The van der Waals surface area contributed by atoms with Crippen LogP contribution in [0.25, 0.3) is 0 Å². The van der Waals surface area contributed by atoms with Crippen molar-refractivity contribution in [3.05, 3.63) is 52.5 Å². The van der Waals surface area contributed by atoms with E-state index in [-0.39, 0.29) is 0 Å². The fourth-order valence-corrected chi connectivity index (χ4v) is 3.07.